The van der Waals surface area contributed by atoms with E-state index in [0.717, 1.165) is 16.7 Å². The summed E-state index contributed by atoms with van der Waals surface area (Å²) >= 11 is 3.52. The largest absolute Gasteiger partial charge is 0.394 e. The Morgan fingerprint density at radius 3 is 2.53 bits per heavy atom. The molecule has 1 aromatic rings. The number of likely N-dealkylation sites (N-methyl/N-ethyl adjacent to an activating group) is 1. The molecule has 0 heterocycles. The monoisotopic (exact) mass is 328 g/mol. The Labute approximate surface area is 125 Å². The number of halogens is 1. The van der Waals surface area contributed by atoms with Crippen LogP contribution < -0.4 is 10.2 Å². The van der Waals surface area contributed by atoms with E-state index in [0.29, 0.717) is 6.04 Å². The zero-order chi connectivity index (χ0) is 14.6. The number of aliphatic hydroxyl groups is 1. The summed E-state index contributed by atoms with van der Waals surface area (Å²) in [6.45, 7) is 9.29. The van der Waals surface area contributed by atoms with Crippen molar-refractivity contribution in [2.45, 2.75) is 45.8 Å². The molecule has 4 heteroatoms. The van der Waals surface area contributed by atoms with Crippen LogP contribution in [0.1, 0.15) is 33.3 Å². The van der Waals surface area contributed by atoms with Gasteiger partial charge in [0.05, 0.1) is 12.1 Å². The van der Waals surface area contributed by atoms with E-state index >= 15 is 0 Å². The Morgan fingerprint density at radius 2 is 2.00 bits per heavy atom. The van der Waals surface area contributed by atoms with Gasteiger partial charge in [-0.15, -0.1) is 0 Å². The molecule has 0 fully saturated rings. The Hall–Kier alpha value is -0.580. The molecular formula is C15H25BrN2O. The van der Waals surface area contributed by atoms with Crippen LogP contribution in [0.3, 0.4) is 0 Å². The number of aliphatic hydroxyl groups excluding tert-OH is 1. The smallest absolute Gasteiger partial charge is 0.0658 e. The van der Waals surface area contributed by atoms with Crippen LogP contribution in [0.4, 0.5) is 5.69 Å². The second-order valence-corrected chi connectivity index (χ2v) is 6.75. The molecule has 1 rings (SSSR count). The van der Waals surface area contributed by atoms with Crippen LogP contribution in [-0.4, -0.2) is 30.3 Å². The van der Waals surface area contributed by atoms with E-state index in [-0.39, 0.29) is 12.1 Å². The summed E-state index contributed by atoms with van der Waals surface area (Å²) in [5.41, 5.74) is 2.10. The molecule has 0 aliphatic heterocycles. The van der Waals surface area contributed by atoms with Crippen molar-refractivity contribution in [3.63, 3.8) is 0 Å². The highest BCUT2D eigenvalue weighted by atomic mass is 79.9. The number of hydrogen-bond acceptors (Lipinski definition) is 3. The third-order valence-electron chi connectivity index (χ3n) is 3.40. The lowest BCUT2D eigenvalue weighted by molar-refractivity contribution is 0.216. The van der Waals surface area contributed by atoms with Gasteiger partial charge in [0.15, 0.2) is 0 Å². The molecule has 0 aromatic heterocycles. The van der Waals surface area contributed by atoms with E-state index in [9.17, 15) is 5.11 Å². The molecule has 0 saturated carbocycles. The van der Waals surface area contributed by atoms with Crippen molar-refractivity contribution in [2.75, 3.05) is 18.6 Å². The molecule has 0 saturated heterocycles. The average molecular weight is 329 g/mol. The van der Waals surface area contributed by atoms with E-state index in [4.69, 9.17) is 0 Å². The molecule has 0 amide bonds. The van der Waals surface area contributed by atoms with Crippen molar-refractivity contribution in [1.82, 2.24) is 5.32 Å². The summed E-state index contributed by atoms with van der Waals surface area (Å²) in [5, 5.41) is 13.0. The number of hydrogen-bond donors (Lipinski definition) is 2. The van der Waals surface area contributed by atoms with Crippen molar-refractivity contribution in [1.29, 1.82) is 0 Å². The second-order valence-electron chi connectivity index (χ2n) is 5.84. The number of anilines is 1. The quantitative estimate of drug-likeness (QED) is 0.842. The van der Waals surface area contributed by atoms with Gasteiger partial charge in [0.25, 0.3) is 0 Å². The summed E-state index contributed by atoms with van der Waals surface area (Å²) in [5.74, 6) is 0. The Balaban J connectivity index is 3.05. The lowest BCUT2D eigenvalue weighted by Crippen LogP contribution is -2.45. The highest BCUT2D eigenvalue weighted by Crippen LogP contribution is 2.28. The molecule has 0 atom stereocenters. The van der Waals surface area contributed by atoms with Gasteiger partial charge in [-0.1, -0.05) is 29.8 Å². The van der Waals surface area contributed by atoms with Gasteiger partial charge in [-0.3, -0.25) is 0 Å². The van der Waals surface area contributed by atoms with Crippen molar-refractivity contribution in [2.24, 2.45) is 0 Å². The molecule has 0 bridgehead atoms. The zero-order valence-corrected chi connectivity index (χ0v) is 14.1. The van der Waals surface area contributed by atoms with Gasteiger partial charge in [0, 0.05) is 29.8 Å². The van der Waals surface area contributed by atoms with Crippen LogP contribution >= 0.6 is 15.9 Å². The van der Waals surface area contributed by atoms with Crippen molar-refractivity contribution < 1.29 is 5.11 Å². The van der Waals surface area contributed by atoms with Crippen LogP contribution in [0.5, 0.6) is 0 Å². The molecule has 0 radical (unpaired) electrons. The molecule has 0 aliphatic carbocycles. The first kappa shape index (κ1) is 16.5. The fourth-order valence-electron chi connectivity index (χ4n) is 1.77. The first-order chi connectivity index (χ1) is 8.77. The molecule has 3 nitrogen and oxygen atoms in total. The molecular weight excluding hydrogens is 304 g/mol. The van der Waals surface area contributed by atoms with Crippen LogP contribution in [0.15, 0.2) is 22.7 Å². The van der Waals surface area contributed by atoms with Gasteiger partial charge in [0.2, 0.25) is 0 Å². The van der Waals surface area contributed by atoms with Crippen LogP contribution in [0.25, 0.3) is 0 Å². The third-order valence-corrected chi connectivity index (χ3v) is 3.89. The zero-order valence-electron chi connectivity index (χ0n) is 12.5. The maximum absolute atomic E-state index is 9.52. The molecule has 0 aliphatic rings. The van der Waals surface area contributed by atoms with Crippen LogP contribution in [0.2, 0.25) is 0 Å². The van der Waals surface area contributed by atoms with E-state index in [1.54, 1.807) is 0 Å². The predicted octanol–water partition coefficient (Wildman–Crippen LogP) is 3.15. The fourth-order valence-corrected chi connectivity index (χ4v) is 2.18. The van der Waals surface area contributed by atoms with Gasteiger partial charge in [-0.25, -0.2) is 0 Å². The summed E-state index contributed by atoms with van der Waals surface area (Å²) in [7, 11) is 2.03. The van der Waals surface area contributed by atoms with Gasteiger partial charge < -0.3 is 15.3 Å². The minimum absolute atomic E-state index is 0.122. The van der Waals surface area contributed by atoms with Crippen LogP contribution in [0, 0.1) is 0 Å². The topological polar surface area (TPSA) is 35.5 Å². The molecule has 0 unspecified atom stereocenters. The fraction of sp³-hybridized carbons (Fsp3) is 0.600. The summed E-state index contributed by atoms with van der Waals surface area (Å²) in [6, 6.07) is 6.72. The van der Waals surface area contributed by atoms with Crippen LogP contribution in [-0.2, 0) is 6.54 Å². The number of benzene rings is 1. The SMILES string of the molecule is CC(C)NCc1cc(Br)ccc1N(C)C(C)(C)CO. The maximum atomic E-state index is 9.52. The number of nitrogens with one attached hydrogen (secondary N) is 1. The average Bonchev–Trinajstić information content (AvgIpc) is 2.35. The predicted molar refractivity (Wildman–Crippen MR) is 85.7 cm³/mol. The minimum atomic E-state index is -0.277. The van der Waals surface area contributed by atoms with Gasteiger partial charge in [-0.2, -0.15) is 0 Å². The first-order valence-corrected chi connectivity index (χ1v) is 7.43. The molecule has 108 valence electrons. The number of rotatable bonds is 6. The third kappa shape index (κ3) is 4.48. The van der Waals surface area contributed by atoms with Crippen molar-refractivity contribution in [3.8, 4) is 0 Å². The molecule has 2 N–H and O–H groups in total. The van der Waals surface area contributed by atoms with Gasteiger partial charge in [0.1, 0.15) is 0 Å². The number of nitrogens with zero attached hydrogens (tertiary/aromatic N) is 1. The van der Waals surface area contributed by atoms with E-state index in [2.05, 4.69) is 52.1 Å². The Kier molecular flexibility index (Phi) is 5.83. The highest BCUT2D eigenvalue weighted by Gasteiger charge is 2.24. The van der Waals surface area contributed by atoms with Crippen molar-refractivity contribution in [3.05, 3.63) is 28.2 Å². The van der Waals surface area contributed by atoms with Crippen molar-refractivity contribution >= 4 is 21.6 Å². The van der Waals surface area contributed by atoms with E-state index in [1.807, 2.05) is 27.0 Å². The van der Waals surface area contributed by atoms with Gasteiger partial charge in [-0.05, 0) is 37.6 Å². The summed E-state index contributed by atoms with van der Waals surface area (Å²) in [6.07, 6.45) is 0. The second kappa shape index (κ2) is 6.73. The van der Waals surface area contributed by atoms with Gasteiger partial charge >= 0.3 is 0 Å². The molecule has 19 heavy (non-hydrogen) atoms. The Bertz CT molecular complexity index is 419. The maximum Gasteiger partial charge on any atom is 0.0658 e. The lowest BCUT2D eigenvalue weighted by Gasteiger charge is -2.37. The lowest BCUT2D eigenvalue weighted by atomic mass is 10.0. The Morgan fingerprint density at radius 1 is 1.37 bits per heavy atom. The highest BCUT2D eigenvalue weighted by molar-refractivity contribution is 9.10. The summed E-state index contributed by atoms with van der Waals surface area (Å²) in [4.78, 5) is 2.14. The molecule has 0 spiro atoms. The summed E-state index contributed by atoms with van der Waals surface area (Å²) < 4.78 is 1.08. The normalized spacial score (nSPS) is 12.0. The minimum Gasteiger partial charge on any atom is -0.394 e. The standard InChI is InChI=1S/C15H25BrN2O/c1-11(2)17-9-12-8-13(16)6-7-14(12)18(5)15(3,4)10-19/h6-8,11,17,19H,9-10H2,1-5H3. The van der Waals surface area contributed by atoms with E-state index < -0.39 is 0 Å². The first-order valence-electron chi connectivity index (χ1n) is 6.64. The molecule has 1 aromatic carbocycles. The van der Waals surface area contributed by atoms with E-state index in [1.165, 1.54) is 5.56 Å².